The maximum absolute atomic E-state index is 12.3. The van der Waals surface area contributed by atoms with Crippen molar-refractivity contribution in [3.8, 4) is 0 Å². The largest absolute Gasteiger partial charge is 0.352 e. The number of hydrogen-bond donors (Lipinski definition) is 1. The summed E-state index contributed by atoms with van der Waals surface area (Å²) in [6, 6.07) is 0.256. The van der Waals surface area contributed by atoms with Crippen LogP contribution in [0.2, 0.25) is 0 Å². The molecule has 0 aromatic carbocycles. The molecule has 1 aliphatic carbocycles. The lowest BCUT2D eigenvalue weighted by Gasteiger charge is -2.36. The predicted octanol–water partition coefficient (Wildman–Crippen LogP) is 2.12. The van der Waals surface area contributed by atoms with E-state index in [9.17, 15) is 9.59 Å². The van der Waals surface area contributed by atoms with E-state index in [0.717, 1.165) is 38.8 Å². The standard InChI is InChI=1S/C16H28N2O2/c1-12(16(20)17-15-8-4-3-5-9-15)18-10-6-7-14(11-18)13(2)19/h12,14-15H,3-11H2,1-2H3,(H,17,20). The first-order chi connectivity index (χ1) is 9.58. The average Bonchev–Trinajstić information content (AvgIpc) is 2.47. The number of carbonyl (C=O) groups is 2. The third-order valence-corrected chi connectivity index (χ3v) is 4.91. The predicted molar refractivity (Wildman–Crippen MR) is 79.5 cm³/mol. The second-order valence-corrected chi connectivity index (χ2v) is 6.46. The van der Waals surface area contributed by atoms with Gasteiger partial charge in [0, 0.05) is 18.5 Å². The van der Waals surface area contributed by atoms with Crippen LogP contribution < -0.4 is 5.32 Å². The molecule has 4 nitrogen and oxygen atoms in total. The molecule has 1 heterocycles. The molecule has 2 aliphatic rings. The summed E-state index contributed by atoms with van der Waals surface area (Å²) >= 11 is 0. The maximum atomic E-state index is 12.3. The highest BCUT2D eigenvalue weighted by Gasteiger charge is 2.30. The van der Waals surface area contributed by atoms with Crippen LogP contribution in [0.15, 0.2) is 0 Å². The van der Waals surface area contributed by atoms with Gasteiger partial charge in [-0.05, 0) is 46.1 Å². The topological polar surface area (TPSA) is 49.4 Å². The Bertz CT molecular complexity index is 350. The van der Waals surface area contributed by atoms with Crippen molar-refractivity contribution in [2.75, 3.05) is 13.1 Å². The number of nitrogens with one attached hydrogen (secondary N) is 1. The highest BCUT2D eigenvalue weighted by atomic mass is 16.2. The Morgan fingerprint density at radius 2 is 1.80 bits per heavy atom. The molecule has 2 atom stereocenters. The quantitative estimate of drug-likeness (QED) is 0.858. The molecule has 0 spiro atoms. The summed E-state index contributed by atoms with van der Waals surface area (Å²) < 4.78 is 0. The maximum Gasteiger partial charge on any atom is 0.237 e. The summed E-state index contributed by atoms with van der Waals surface area (Å²) in [5.74, 6) is 0.518. The number of hydrogen-bond acceptors (Lipinski definition) is 3. The van der Waals surface area contributed by atoms with Gasteiger partial charge in [0.05, 0.1) is 6.04 Å². The van der Waals surface area contributed by atoms with E-state index in [1.165, 1.54) is 19.3 Å². The molecule has 114 valence electrons. The molecule has 0 aromatic rings. The fraction of sp³-hybridized carbons (Fsp3) is 0.875. The van der Waals surface area contributed by atoms with Gasteiger partial charge in [0.15, 0.2) is 0 Å². The first-order valence-electron chi connectivity index (χ1n) is 8.13. The van der Waals surface area contributed by atoms with E-state index in [-0.39, 0.29) is 23.7 Å². The van der Waals surface area contributed by atoms with E-state index in [0.29, 0.717) is 6.04 Å². The molecule has 0 bridgehead atoms. The van der Waals surface area contributed by atoms with E-state index < -0.39 is 0 Å². The van der Waals surface area contributed by atoms with Crippen molar-refractivity contribution in [3.63, 3.8) is 0 Å². The summed E-state index contributed by atoms with van der Waals surface area (Å²) in [6.07, 6.45) is 8.00. The third kappa shape index (κ3) is 4.05. The van der Waals surface area contributed by atoms with Gasteiger partial charge in [-0.2, -0.15) is 0 Å². The molecular weight excluding hydrogens is 252 g/mol. The molecule has 2 rings (SSSR count). The van der Waals surface area contributed by atoms with Crippen molar-refractivity contribution in [3.05, 3.63) is 0 Å². The van der Waals surface area contributed by atoms with Crippen molar-refractivity contribution in [2.24, 2.45) is 5.92 Å². The van der Waals surface area contributed by atoms with Gasteiger partial charge >= 0.3 is 0 Å². The molecule has 1 aliphatic heterocycles. The van der Waals surface area contributed by atoms with Crippen LogP contribution in [0.4, 0.5) is 0 Å². The Morgan fingerprint density at radius 1 is 1.10 bits per heavy atom. The average molecular weight is 280 g/mol. The van der Waals surface area contributed by atoms with E-state index >= 15 is 0 Å². The van der Waals surface area contributed by atoms with Gasteiger partial charge < -0.3 is 5.32 Å². The monoisotopic (exact) mass is 280 g/mol. The van der Waals surface area contributed by atoms with Crippen LogP contribution in [0.1, 0.15) is 58.8 Å². The zero-order valence-electron chi connectivity index (χ0n) is 12.9. The van der Waals surface area contributed by atoms with Crippen LogP contribution in [0.3, 0.4) is 0 Å². The number of amides is 1. The van der Waals surface area contributed by atoms with Gasteiger partial charge in [0.2, 0.25) is 5.91 Å². The van der Waals surface area contributed by atoms with Crippen molar-refractivity contribution in [1.82, 2.24) is 10.2 Å². The van der Waals surface area contributed by atoms with Crippen LogP contribution in [0.25, 0.3) is 0 Å². The smallest absolute Gasteiger partial charge is 0.237 e. The fourth-order valence-electron chi connectivity index (χ4n) is 3.42. The second-order valence-electron chi connectivity index (χ2n) is 6.46. The van der Waals surface area contributed by atoms with E-state index in [2.05, 4.69) is 10.2 Å². The number of carbonyl (C=O) groups excluding carboxylic acids is 2. The number of ketones is 1. The highest BCUT2D eigenvalue weighted by molar-refractivity contribution is 5.82. The van der Waals surface area contributed by atoms with Crippen molar-refractivity contribution in [2.45, 2.75) is 70.9 Å². The summed E-state index contributed by atoms with van der Waals surface area (Å²) in [5, 5.41) is 3.19. The summed E-state index contributed by atoms with van der Waals surface area (Å²) in [5.41, 5.74) is 0. The van der Waals surface area contributed by atoms with Crippen molar-refractivity contribution in [1.29, 1.82) is 0 Å². The zero-order valence-corrected chi connectivity index (χ0v) is 12.9. The molecule has 1 saturated carbocycles. The summed E-state index contributed by atoms with van der Waals surface area (Å²) in [6.45, 7) is 5.32. The molecule has 2 fully saturated rings. The van der Waals surface area contributed by atoms with Gasteiger partial charge in [0.1, 0.15) is 5.78 Å². The molecule has 2 unspecified atom stereocenters. The minimum Gasteiger partial charge on any atom is -0.352 e. The molecule has 1 saturated heterocycles. The Morgan fingerprint density at radius 3 is 2.45 bits per heavy atom. The third-order valence-electron chi connectivity index (χ3n) is 4.91. The number of rotatable bonds is 4. The lowest BCUT2D eigenvalue weighted by Crippen LogP contribution is -2.52. The van der Waals surface area contributed by atoms with Gasteiger partial charge in [-0.25, -0.2) is 0 Å². The number of Topliss-reactive ketones (excluding diaryl/α,β-unsaturated/α-hetero) is 1. The normalized spacial score (nSPS) is 27.0. The van der Waals surface area contributed by atoms with Crippen LogP contribution >= 0.6 is 0 Å². The minimum atomic E-state index is -0.112. The second kappa shape index (κ2) is 7.21. The summed E-state index contributed by atoms with van der Waals surface area (Å²) in [4.78, 5) is 26.1. The number of piperidine rings is 1. The summed E-state index contributed by atoms with van der Waals surface area (Å²) in [7, 11) is 0. The number of nitrogens with zero attached hydrogens (tertiary/aromatic N) is 1. The van der Waals surface area contributed by atoms with Crippen LogP contribution in [-0.2, 0) is 9.59 Å². The SMILES string of the molecule is CC(=O)C1CCCN(C(C)C(=O)NC2CCCCC2)C1. The van der Waals surface area contributed by atoms with Gasteiger partial charge in [-0.1, -0.05) is 19.3 Å². The van der Waals surface area contributed by atoms with E-state index in [1.807, 2.05) is 6.92 Å². The molecular formula is C16H28N2O2. The highest BCUT2D eigenvalue weighted by Crippen LogP contribution is 2.21. The van der Waals surface area contributed by atoms with Crippen molar-refractivity contribution < 1.29 is 9.59 Å². The van der Waals surface area contributed by atoms with E-state index in [1.54, 1.807) is 6.92 Å². The molecule has 1 N–H and O–H groups in total. The van der Waals surface area contributed by atoms with Crippen LogP contribution in [0.5, 0.6) is 0 Å². The number of likely N-dealkylation sites (tertiary alicyclic amines) is 1. The zero-order chi connectivity index (χ0) is 14.5. The Balaban J connectivity index is 1.84. The van der Waals surface area contributed by atoms with Gasteiger partial charge in [-0.3, -0.25) is 14.5 Å². The molecule has 1 amide bonds. The Labute approximate surface area is 122 Å². The fourth-order valence-corrected chi connectivity index (χ4v) is 3.42. The molecule has 4 heteroatoms. The first-order valence-corrected chi connectivity index (χ1v) is 8.13. The lowest BCUT2D eigenvalue weighted by atomic mass is 9.93. The molecule has 0 radical (unpaired) electrons. The lowest BCUT2D eigenvalue weighted by molar-refractivity contribution is -0.130. The molecule has 0 aromatic heterocycles. The van der Waals surface area contributed by atoms with Crippen LogP contribution in [-0.4, -0.2) is 41.8 Å². The minimum absolute atomic E-state index is 0.112. The Hall–Kier alpha value is -0.900. The first kappa shape index (κ1) is 15.5. The van der Waals surface area contributed by atoms with E-state index in [4.69, 9.17) is 0 Å². The van der Waals surface area contributed by atoms with Crippen LogP contribution in [0, 0.1) is 5.92 Å². The van der Waals surface area contributed by atoms with Gasteiger partial charge in [-0.15, -0.1) is 0 Å². The Kier molecular flexibility index (Phi) is 5.58. The van der Waals surface area contributed by atoms with Crippen molar-refractivity contribution >= 4 is 11.7 Å². The van der Waals surface area contributed by atoms with Gasteiger partial charge in [0.25, 0.3) is 0 Å². The molecule has 20 heavy (non-hydrogen) atoms.